The van der Waals surface area contributed by atoms with Crippen LogP contribution in [0.25, 0.3) is 0 Å². The Labute approximate surface area is 205 Å². The van der Waals surface area contributed by atoms with Crippen LogP contribution in [0.2, 0.25) is 0 Å². The molecule has 2 amide bonds. The zero-order valence-corrected chi connectivity index (χ0v) is 20.1. The molecule has 3 aromatic rings. The predicted molar refractivity (Wildman–Crippen MR) is 133 cm³/mol. The molecule has 180 valence electrons. The molecule has 0 radical (unpaired) electrons. The largest absolute Gasteiger partial charge is 0.497 e. The number of nitrogens with one attached hydrogen (secondary N) is 1. The predicted octanol–water partition coefficient (Wildman–Crippen LogP) is 5.18. The van der Waals surface area contributed by atoms with Crippen LogP contribution in [0.3, 0.4) is 0 Å². The van der Waals surface area contributed by atoms with Crippen LogP contribution >= 0.6 is 0 Å². The first-order valence-electron chi connectivity index (χ1n) is 12.5. The maximum absolute atomic E-state index is 13.8. The number of methoxy groups -OCH3 is 2. The van der Waals surface area contributed by atoms with Gasteiger partial charge in [-0.25, -0.2) is 4.90 Å². The van der Waals surface area contributed by atoms with E-state index in [1.807, 2.05) is 12.1 Å². The number of carbonyl (C=O) groups excluding carboxylic acids is 2. The lowest BCUT2D eigenvalue weighted by Gasteiger charge is -2.40. The Bertz CT molecular complexity index is 1260. The van der Waals surface area contributed by atoms with Gasteiger partial charge in [0.1, 0.15) is 11.5 Å². The first kappa shape index (κ1) is 22.0. The molecule has 1 saturated heterocycles. The number of anilines is 1. The van der Waals surface area contributed by atoms with Crippen molar-refractivity contribution in [3.05, 3.63) is 77.1 Å². The lowest BCUT2D eigenvalue weighted by Crippen LogP contribution is -2.37. The van der Waals surface area contributed by atoms with Crippen molar-refractivity contribution in [2.75, 3.05) is 19.1 Å². The minimum absolute atomic E-state index is 0.0504. The summed E-state index contributed by atoms with van der Waals surface area (Å²) >= 11 is 0. The molecule has 1 aromatic heterocycles. The van der Waals surface area contributed by atoms with Crippen molar-refractivity contribution in [1.29, 1.82) is 0 Å². The number of H-pyrrole nitrogens is 1. The van der Waals surface area contributed by atoms with Crippen LogP contribution in [0, 0.1) is 11.8 Å². The second-order valence-electron chi connectivity index (χ2n) is 9.96. The quantitative estimate of drug-likeness (QED) is 0.522. The molecule has 2 heterocycles. The smallest absolute Gasteiger partial charge is 0.242 e. The van der Waals surface area contributed by atoms with Gasteiger partial charge in [-0.2, -0.15) is 0 Å². The van der Waals surface area contributed by atoms with Crippen molar-refractivity contribution in [2.24, 2.45) is 11.8 Å². The van der Waals surface area contributed by atoms with E-state index in [0.29, 0.717) is 17.4 Å². The molecular formula is C29H30N2O4. The third-order valence-electron chi connectivity index (χ3n) is 8.16. The summed E-state index contributed by atoms with van der Waals surface area (Å²) in [6, 6.07) is 17.4. The molecule has 6 nitrogen and oxygen atoms in total. The Morgan fingerprint density at radius 3 is 2.23 bits per heavy atom. The molecule has 35 heavy (non-hydrogen) atoms. The lowest BCUT2D eigenvalue weighted by atomic mass is 9.62. The Morgan fingerprint density at radius 2 is 1.54 bits per heavy atom. The molecule has 2 fully saturated rings. The second kappa shape index (κ2) is 8.59. The van der Waals surface area contributed by atoms with Crippen molar-refractivity contribution in [3.63, 3.8) is 0 Å². The minimum Gasteiger partial charge on any atom is -0.497 e. The Hall–Kier alpha value is -3.54. The first-order chi connectivity index (χ1) is 17.1. The zero-order chi connectivity index (χ0) is 24.1. The van der Waals surface area contributed by atoms with Gasteiger partial charge >= 0.3 is 0 Å². The van der Waals surface area contributed by atoms with Gasteiger partial charge in [-0.15, -0.1) is 0 Å². The Kier molecular flexibility index (Phi) is 5.39. The summed E-state index contributed by atoms with van der Waals surface area (Å²) in [6.45, 7) is 0. The SMILES string of the molecule is COc1ccc(Cc2cc3c([nH]2)[C@@H]2CCCC[C@@H]2[C@@H]2C(=O)N(c4ccc(OC)cc4)C(=O)[C@H]32)cc1. The van der Waals surface area contributed by atoms with Crippen molar-refractivity contribution in [1.82, 2.24) is 4.98 Å². The molecule has 0 bridgehead atoms. The van der Waals surface area contributed by atoms with Crippen LogP contribution in [0.15, 0.2) is 54.6 Å². The third kappa shape index (κ3) is 3.54. The molecule has 1 aliphatic heterocycles. The summed E-state index contributed by atoms with van der Waals surface area (Å²) in [5.41, 5.74) is 5.09. The number of hydrogen-bond donors (Lipinski definition) is 1. The summed E-state index contributed by atoms with van der Waals surface area (Å²) in [6.07, 6.45) is 5.08. The average Bonchev–Trinajstić information content (AvgIpc) is 3.43. The monoisotopic (exact) mass is 470 g/mol. The van der Waals surface area contributed by atoms with Gasteiger partial charge in [0.2, 0.25) is 11.8 Å². The van der Waals surface area contributed by atoms with Gasteiger partial charge in [-0.3, -0.25) is 9.59 Å². The summed E-state index contributed by atoms with van der Waals surface area (Å²) in [4.78, 5) is 32.7. The number of aromatic amines is 1. The highest BCUT2D eigenvalue weighted by atomic mass is 16.5. The normalized spacial score (nSPS) is 25.1. The van der Waals surface area contributed by atoms with Gasteiger partial charge in [-0.1, -0.05) is 25.0 Å². The number of aromatic nitrogens is 1. The number of rotatable bonds is 5. The summed E-state index contributed by atoms with van der Waals surface area (Å²) in [5.74, 6) is 1.18. The number of imide groups is 1. The lowest BCUT2D eigenvalue weighted by molar-refractivity contribution is -0.123. The molecule has 2 aromatic carbocycles. The van der Waals surface area contributed by atoms with Crippen molar-refractivity contribution in [3.8, 4) is 11.5 Å². The van der Waals surface area contributed by atoms with E-state index in [0.717, 1.165) is 49.1 Å². The van der Waals surface area contributed by atoms with Gasteiger partial charge in [0.15, 0.2) is 0 Å². The maximum atomic E-state index is 13.8. The highest BCUT2D eigenvalue weighted by molar-refractivity contribution is 6.24. The van der Waals surface area contributed by atoms with E-state index in [4.69, 9.17) is 9.47 Å². The fourth-order valence-electron chi connectivity index (χ4n) is 6.55. The van der Waals surface area contributed by atoms with E-state index in [1.165, 1.54) is 16.2 Å². The summed E-state index contributed by atoms with van der Waals surface area (Å²) < 4.78 is 10.5. The number of nitrogens with zero attached hydrogens (tertiary/aromatic N) is 1. The number of ether oxygens (including phenoxy) is 2. The Balaban J connectivity index is 1.38. The van der Waals surface area contributed by atoms with Crippen molar-refractivity contribution in [2.45, 2.75) is 43.9 Å². The van der Waals surface area contributed by atoms with E-state index in [1.54, 1.807) is 38.5 Å². The van der Waals surface area contributed by atoms with Gasteiger partial charge in [0.25, 0.3) is 0 Å². The molecule has 6 rings (SSSR count). The van der Waals surface area contributed by atoms with Crippen LogP contribution in [0.1, 0.15) is 60.0 Å². The highest BCUT2D eigenvalue weighted by Crippen LogP contribution is 2.56. The van der Waals surface area contributed by atoms with E-state index < -0.39 is 5.92 Å². The summed E-state index contributed by atoms with van der Waals surface area (Å²) in [7, 11) is 3.27. The first-order valence-corrected chi connectivity index (χ1v) is 12.5. The van der Waals surface area contributed by atoms with Crippen LogP contribution in [0.4, 0.5) is 5.69 Å². The van der Waals surface area contributed by atoms with Crippen molar-refractivity contribution >= 4 is 17.5 Å². The van der Waals surface area contributed by atoms with Gasteiger partial charge in [0, 0.05) is 23.7 Å². The Morgan fingerprint density at radius 1 is 0.886 bits per heavy atom. The van der Waals surface area contributed by atoms with Crippen LogP contribution in [-0.2, 0) is 16.0 Å². The van der Waals surface area contributed by atoms with E-state index >= 15 is 0 Å². The molecule has 2 aliphatic carbocycles. The molecule has 1 saturated carbocycles. The molecule has 4 atom stereocenters. The van der Waals surface area contributed by atoms with Gasteiger partial charge in [0.05, 0.1) is 31.7 Å². The fourth-order valence-corrected chi connectivity index (χ4v) is 6.55. The molecule has 0 spiro atoms. The van der Waals surface area contributed by atoms with Crippen LogP contribution < -0.4 is 14.4 Å². The van der Waals surface area contributed by atoms with Crippen molar-refractivity contribution < 1.29 is 19.1 Å². The van der Waals surface area contributed by atoms with Gasteiger partial charge in [-0.05, 0) is 72.4 Å². The number of fused-ring (bicyclic) bond motifs is 6. The van der Waals surface area contributed by atoms with Gasteiger partial charge < -0.3 is 14.5 Å². The average molecular weight is 471 g/mol. The second-order valence-corrected chi connectivity index (χ2v) is 9.96. The van der Waals surface area contributed by atoms with E-state index in [-0.39, 0.29) is 23.7 Å². The topological polar surface area (TPSA) is 71.6 Å². The molecule has 0 unspecified atom stereocenters. The van der Waals surface area contributed by atoms with E-state index in [9.17, 15) is 9.59 Å². The number of benzene rings is 2. The summed E-state index contributed by atoms with van der Waals surface area (Å²) in [5, 5.41) is 0. The van der Waals surface area contributed by atoms with E-state index in [2.05, 4.69) is 23.2 Å². The van der Waals surface area contributed by atoms with Crippen LogP contribution in [-0.4, -0.2) is 31.0 Å². The molecular weight excluding hydrogens is 440 g/mol. The number of carbonyl (C=O) groups is 2. The highest BCUT2D eigenvalue weighted by Gasteiger charge is 2.58. The fraction of sp³-hybridized carbons (Fsp3) is 0.379. The number of amides is 2. The number of hydrogen-bond acceptors (Lipinski definition) is 4. The minimum atomic E-state index is -0.417. The third-order valence-corrected chi connectivity index (χ3v) is 8.16. The maximum Gasteiger partial charge on any atom is 0.242 e. The molecule has 6 heteroatoms. The van der Waals surface area contributed by atoms with Crippen LogP contribution in [0.5, 0.6) is 11.5 Å². The zero-order valence-electron chi connectivity index (χ0n) is 20.1. The standard InChI is InChI=1S/C29H30N2O4/c1-34-20-11-7-17(8-12-20)15-18-16-24-26-25(22-5-3-4-6-23(22)27(24)30-18)28(32)31(29(26)33)19-9-13-21(35-2)14-10-19/h7-14,16,22-23,25-26,30H,3-6,15H2,1-2H3/t22-,23+,25-,26+/m0/s1. The molecule has 1 N–H and O–H groups in total. The molecule has 3 aliphatic rings.